The number of ether oxygens (including phenoxy) is 2. The fourth-order valence-electron chi connectivity index (χ4n) is 2.74. The molecule has 27 heavy (non-hydrogen) atoms. The first kappa shape index (κ1) is 18.8. The van der Waals surface area contributed by atoms with Gasteiger partial charge in [-0.15, -0.1) is 0 Å². The fraction of sp³-hybridized carbons (Fsp3) is 0.421. The minimum atomic E-state index is -0.478. The number of hydrogen-bond donors (Lipinski definition) is 2. The standard InChI is InChI=1S/C19H24N4O4/c1-11(2)14-9-13(22-23(14)19(3,4)5)18(25)21-20-17(24)12-6-7-15-16(8-12)27-10-26-15/h6-9,11H,10H2,1-5H3,(H,20,24)(H,21,25). The molecule has 8 heteroatoms. The van der Waals surface area contributed by atoms with Crippen molar-refractivity contribution in [3.8, 4) is 11.5 Å². The largest absolute Gasteiger partial charge is 0.454 e. The maximum absolute atomic E-state index is 12.4. The second-order valence-corrected chi connectivity index (χ2v) is 7.67. The lowest BCUT2D eigenvalue weighted by Crippen LogP contribution is -2.42. The third-order valence-corrected chi connectivity index (χ3v) is 4.12. The predicted octanol–water partition coefficient (Wildman–Crippen LogP) is 2.57. The molecule has 2 heterocycles. The van der Waals surface area contributed by atoms with Crippen molar-refractivity contribution in [2.24, 2.45) is 0 Å². The second kappa shape index (κ2) is 6.94. The fourth-order valence-corrected chi connectivity index (χ4v) is 2.74. The van der Waals surface area contributed by atoms with Crippen LogP contribution >= 0.6 is 0 Å². The number of hydrazine groups is 1. The Balaban J connectivity index is 1.70. The van der Waals surface area contributed by atoms with Gasteiger partial charge in [-0.2, -0.15) is 5.10 Å². The van der Waals surface area contributed by atoms with E-state index in [1.807, 2.05) is 39.3 Å². The van der Waals surface area contributed by atoms with Crippen molar-refractivity contribution in [3.05, 3.63) is 41.2 Å². The monoisotopic (exact) mass is 372 g/mol. The van der Waals surface area contributed by atoms with Gasteiger partial charge >= 0.3 is 0 Å². The van der Waals surface area contributed by atoms with E-state index in [0.29, 0.717) is 17.1 Å². The summed E-state index contributed by atoms with van der Waals surface area (Å²) in [5, 5.41) is 4.42. The first-order valence-corrected chi connectivity index (χ1v) is 8.77. The third kappa shape index (κ3) is 3.89. The summed E-state index contributed by atoms with van der Waals surface area (Å²) in [7, 11) is 0. The van der Waals surface area contributed by atoms with Gasteiger partial charge in [0, 0.05) is 11.3 Å². The van der Waals surface area contributed by atoms with E-state index >= 15 is 0 Å². The van der Waals surface area contributed by atoms with Crippen LogP contribution in [0.25, 0.3) is 0 Å². The summed E-state index contributed by atoms with van der Waals surface area (Å²) >= 11 is 0. The van der Waals surface area contributed by atoms with Gasteiger partial charge in [0.2, 0.25) is 6.79 Å². The Morgan fingerprint density at radius 1 is 1.07 bits per heavy atom. The highest BCUT2D eigenvalue weighted by atomic mass is 16.7. The molecule has 1 aliphatic heterocycles. The van der Waals surface area contributed by atoms with Gasteiger partial charge in [0.25, 0.3) is 11.8 Å². The number of amides is 2. The van der Waals surface area contributed by atoms with E-state index in [1.165, 1.54) is 0 Å². The topological polar surface area (TPSA) is 94.5 Å². The quantitative estimate of drug-likeness (QED) is 0.808. The maximum Gasteiger partial charge on any atom is 0.290 e. The van der Waals surface area contributed by atoms with Gasteiger partial charge in [-0.25, -0.2) is 0 Å². The summed E-state index contributed by atoms with van der Waals surface area (Å²) in [5.74, 6) is 0.362. The molecule has 0 spiro atoms. The molecule has 0 aliphatic carbocycles. The Hall–Kier alpha value is -3.03. The van der Waals surface area contributed by atoms with Crippen LogP contribution in [0.1, 0.15) is 67.1 Å². The zero-order valence-corrected chi connectivity index (χ0v) is 16.1. The van der Waals surface area contributed by atoms with E-state index in [2.05, 4.69) is 16.0 Å². The second-order valence-electron chi connectivity index (χ2n) is 7.67. The number of fused-ring (bicyclic) bond motifs is 1. The van der Waals surface area contributed by atoms with Crippen LogP contribution in [0, 0.1) is 0 Å². The highest BCUT2D eigenvalue weighted by Crippen LogP contribution is 2.32. The molecule has 0 saturated heterocycles. The molecule has 1 aromatic carbocycles. The molecule has 2 amide bonds. The summed E-state index contributed by atoms with van der Waals surface area (Å²) < 4.78 is 12.3. The zero-order valence-electron chi connectivity index (χ0n) is 16.1. The van der Waals surface area contributed by atoms with Gasteiger partial charge < -0.3 is 9.47 Å². The number of carbonyl (C=O) groups excluding carboxylic acids is 2. The lowest BCUT2D eigenvalue weighted by atomic mass is 10.1. The van der Waals surface area contributed by atoms with E-state index in [1.54, 1.807) is 24.3 Å². The lowest BCUT2D eigenvalue weighted by Gasteiger charge is -2.23. The van der Waals surface area contributed by atoms with Crippen LogP contribution in [0.2, 0.25) is 0 Å². The molecule has 1 aromatic heterocycles. The molecule has 0 bridgehead atoms. The molecule has 0 unspecified atom stereocenters. The van der Waals surface area contributed by atoms with Crippen molar-refractivity contribution in [1.82, 2.24) is 20.6 Å². The van der Waals surface area contributed by atoms with E-state index in [-0.39, 0.29) is 23.9 Å². The zero-order chi connectivity index (χ0) is 19.8. The molecule has 0 atom stereocenters. The van der Waals surface area contributed by atoms with E-state index in [0.717, 1.165) is 5.69 Å². The Morgan fingerprint density at radius 2 is 1.74 bits per heavy atom. The number of hydrogen-bond acceptors (Lipinski definition) is 5. The molecule has 144 valence electrons. The Bertz CT molecular complexity index is 880. The molecule has 8 nitrogen and oxygen atoms in total. The molecule has 2 aromatic rings. The molecule has 3 rings (SSSR count). The van der Waals surface area contributed by atoms with Gasteiger partial charge in [0.15, 0.2) is 17.2 Å². The number of rotatable bonds is 3. The number of nitrogens with one attached hydrogen (secondary N) is 2. The van der Waals surface area contributed by atoms with Crippen LogP contribution in [0.15, 0.2) is 24.3 Å². The molecular formula is C19H24N4O4. The first-order chi connectivity index (χ1) is 12.7. The van der Waals surface area contributed by atoms with Crippen molar-refractivity contribution in [2.75, 3.05) is 6.79 Å². The van der Waals surface area contributed by atoms with Gasteiger partial charge in [0.05, 0.1) is 5.54 Å². The molecular weight excluding hydrogens is 348 g/mol. The minimum Gasteiger partial charge on any atom is -0.454 e. The lowest BCUT2D eigenvalue weighted by molar-refractivity contribution is 0.0843. The summed E-state index contributed by atoms with van der Waals surface area (Å²) in [5.41, 5.74) is 6.11. The number of carbonyl (C=O) groups is 2. The van der Waals surface area contributed by atoms with E-state index in [9.17, 15) is 9.59 Å². The van der Waals surface area contributed by atoms with Crippen molar-refractivity contribution in [2.45, 2.75) is 46.1 Å². The Kier molecular flexibility index (Phi) is 4.82. The van der Waals surface area contributed by atoms with Gasteiger partial charge in [-0.3, -0.25) is 25.1 Å². The smallest absolute Gasteiger partial charge is 0.290 e. The maximum atomic E-state index is 12.4. The summed E-state index contributed by atoms with van der Waals surface area (Å²) in [4.78, 5) is 24.7. The van der Waals surface area contributed by atoms with Crippen molar-refractivity contribution in [1.29, 1.82) is 0 Å². The number of aromatic nitrogens is 2. The highest BCUT2D eigenvalue weighted by molar-refractivity contribution is 5.98. The predicted molar refractivity (Wildman–Crippen MR) is 98.8 cm³/mol. The average Bonchev–Trinajstić information content (AvgIpc) is 3.24. The van der Waals surface area contributed by atoms with E-state index in [4.69, 9.17) is 9.47 Å². The van der Waals surface area contributed by atoms with Crippen LogP contribution < -0.4 is 20.3 Å². The normalized spacial score (nSPS) is 13.0. The van der Waals surface area contributed by atoms with Crippen LogP contribution in [-0.4, -0.2) is 28.4 Å². The van der Waals surface area contributed by atoms with Crippen molar-refractivity contribution in [3.63, 3.8) is 0 Å². The SMILES string of the molecule is CC(C)c1cc(C(=O)NNC(=O)c2ccc3c(c2)OCO3)nn1C(C)(C)C. The van der Waals surface area contributed by atoms with Crippen molar-refractivity contribution >= 4 is 11.8 Å². The summed E-state index contributed by atoms with van der Waals surface area (Å²) in [6.45, 7) is 10.3. The van der Waals surface area contributed by atoms with Gasteiger partial charge in [-0.1, -0.05) is 13.8 Å². The molecule has 2 N–H and O–H groups in total. The molecule has 0 saturated carbocycles. The Morgan fingerprint density at radius 3 is 2.37 bits per heavy atom. The van der Waals surface area contributed by atoms with Crippen LogP contribution in [0.3, 0.4) is 0 Å². The highest BCUT2D eigenvalue weighted by Gasteiger charge is 2.24. The van der Waals surface area contributed by atoms with Crippen LogP contribution in [0.4, 0.5) is 0 Å². The third-order valence-electron chi connectivity index (χ3n) is 4.12. The van der Waals surface area contributed by atoms with Crippen LogP contribution in [-0.2, 0) is 5.54 Å². The summed E-state index contributed by atoms with van der Waals surface area (Å²) in [6, 6.07) is 6.56. The Labute approximate surface area is 157 Å². The van der Waals surface area contributed by atoms with E-state index < -0.39 is 11.8 Å². The minimum absolute atomic E-state index is 0.131. The number of benzene rings is 1. The molecule has 1 aliphatic rings. The molecule has 0 radical (unpaired) electrons. The van der Waals surface area contributed by atoms with Crippen LogP contribution in [0.5, 0.6) is 11.5 Å². The van der Waals surface area contributed by atoms with Gasteiger partial charge in [-0.05, 0) is 51.0 Å². The summed E-state index contributed by atoms with van der Waals surface area (Å²) in [6.07, 6.45) is 0. The molecule has 0 fully saturated rings. The number of nitrogens with zero attached hydrogens (tertiary/aromatic N) is 2. The average molecular weight is 372 g/mol. The first-order valence-electron chi connectivity index (χ1n) is 8.77. The van der Waals surface area contributed by atoms with Crippen molar-refractivity contribution < 1.29 is 19.1 Å². The van der Waals surface area contributed by atoms with Gasteiger partial charge in [0.1, 0.15) is 0 Å².